The van der Waals surface area contributed by atoms with Crippen LogP contribution in [0.3, 0.4) is 0 Å². The van der Waals surface area contributed by atoms with Crippen LogP contribution < -0.4 is 10.1 Å². The molecule has 4 nitrogen and oxygen atoms in total. The highest BCUT2D eigenvalue weighted by atomic mass is 16.5. The summed E-state index contributed by atoms with van der Waals surface area (Å²) < 4.78 is 5.39. The van der Waals surface area contributed by atoms with E-state index in [-0.39, 0.29) is 0 Å². The molecule has 0 spiro atoms. The van der Waals surface area contributed by atoms with Crippen molar-refractivity contribution in [2.24, 2.45) is 0 Å². The fraction of sp³-hybridized carbons (Fsp3) is 0.375. The van der Waals surface area contributed by atoms with Gasteiger partial charge in [-0.05, 0) is 38.0 Å². The maximum Gasteiger partial charge on any atom is 0.163 e. The molecule has 104 valence electrons. The molecule has 3 rings (SSSR count). The number of para-hydroxylation sites is 1. The first-order valence-electron chi connectivity index (χ1n) is 6.97. The molecule has 1 saturated carbocycles. The molecule has 1 aromatic heterocycles. The third-order valence-electron chi connectivity index (χ3n) is 3.40. The van der Waals surface area contributed by atoms with Crippen molar-refractivity contribution >= 4 is 0 Å². The van der Waals surface area contributed by atoms with Gasteiger partial charge in [-0.1, -0.05) is 12.1 Å². The third-order valence-corrected chi connectivity index (χ3v) is 3.40. The molecule has 4 heteroatoms. The normalized spacial score (nSPS) is 14.3. The third kappa shape index (κ3) is 2.96. The predicted molar refractivity (Wildman–Crippen MR) is 78.6 cm³/mol. The van der Waals surface area contributed by atoms with Crippen molar-refractivity contribution in [3.63, 3.8) is 0 Å². The Labute approximate surface area is 119 Å². The monoisotopic (exact) mass is 269 g/mol. The molecular formula is C16H19N3O. The van der Waals surface area contributed by atoms with E-state index in [1.54, 1.807) is 7.11 Å². The van der Waals surface area contributed by atoms with E-state index in [0.717, 1.165) is 35.1 Å². The number of aryl methyl sites for hydroxylation is 1. The minimum Gasteiger partial charge on any atom is -0.496 e. The minimum atomic E-state index is 0.681. The van der Waals surface area contributed by atoms with Crippen molar-refractivity contribution in [1.29, 1.82) is 0 Å². The van der Waals surface area contributed by atoms with Crippen molar-refractivity contribution in [3.8, 4) is 17.1 Å². The van der Waals surface area contributed by atoms with E-state index in [4.69, 9.17) is 4.74 Å². The molecule has 0 bridgehead atoms. The topological polar surface area (TPSA) is 47.0 Å². The molecule has 0 unspecified atom stereocenters. The second kappa shape index (κ2) is 5.59. The standard InChI is InChI=1S/C16H19N3O/c1-11-9-13(10-17-12-7-8-12)19-16(18-11)14-5-3-4-6-15(14)20-2/h3-6,9,12,17H,7-8,10H2,1-2H3. The Morgan fingerprint density at radius 2 is 2.05 bits per heavy atom. The summed E-state index contributed by atoms with van der Waals surface area (Å²) in [6.07, 6.45) is 2.56. The van der Waals surface area contributed by atoms with Crippen LogP contribution >= 0.6 is 0 Å². The molecule has 0 atom stereocenters. The lowest BCUT2D eigenvalue weighted by atomic mass is 10.1. The number of hydrogen-bond acceptors (Lipinski definition) is 4. The van der Waals surface area contributed by atoms with E-state index < -0.39 is 0 Å². The number of aromatic nitrogens is 2. The number of hydrogen-bond donors (Lipinski definition) is 1. The van der Waals surface area contributed by atoms with Gasteiger partial charge in [-0.15, -0.1) is 0 Å². The lowest BCUT2D eigenvalue weighted by Crippen LogP contribution is -2.16. The summed E-state index contributed by atoms with van der Waals surface area (Å²) in [6, 6.07) is 10.6. The van der Waals surface area contributed by atoms with Gasteiger partial charge in [0.25, 0.3) is 0 Å². The molecule has 1 aromatic carbocycles. The summed E-state index contributed by atoms with van der Waals surface area (Å²) in [7, 11) is 1.67. The molecule has 2 aromatic rings. The maximum atomic E-state index is 5.39. The summed E-state index contributed by atoms with van der Waals surface area (Å²) in [5, 5.41) is 3.49. The fourth-order valence-electron chi connectivity index (χ4n) is 2.21. The zero-order valence-corrected chi connectivity index (χ0v) is 11.9. The maximum absolute atomic E-state index is 5.39. The summed E-state index contributed by atoms with van der Waals surface area (Å²) in [4.78, 5) is 9.20. The van der Waals surface area contributed by atoms with Gasteiger partial charge in [-0.2, -0.15) is 0 Å². The molecule has 1 aliphatic rings. The van der Waals surface area contributed by atoms with Crippen LogP contribution in [0.25, 0.3) is 11.4 Å². The average molecular weight is 269 g/mol. The Bertz CT molecular complexity index is 608. The largest absolute Gasteiger partial charge is 0.496 e. The highest BCUT2D eigenvalue weighted by Gasteiger charge is 2.20. The van der Waals surface area contributed by atoms with Crippen LogP contribution in [0.15, 0.2) is 30.3 Å². The number of nitrogens with zero attached hydrogens (tertiary/aromatic N) is 2. The Hall–Kier alpha value is -1.94. The molecule has 1 fully saturated rings. The quantitative estimate of drug-likeness (QED) is 0.906. The van der Waals surface area contributed by atoms with Crippen LogP contribution in [-0.2, 0) is 6.54 Å². The van der Waals surface area contributed by atoms with Gasteiger partial charge in [0.1, 0.15) is 5.75 Å². The summed E-state index contributed by atoms with van der Waals surface area (Å²) >= 11 is 0. The van der Waals surface area contributed by atoms with E-state index in [0.29, 0.717) is 6.04 Å². The van der Waals surface area contributed by atoms with Gasteiger partial charge in [-0.3, -0.25) is 0 Å². The minimum absolute atomic E-state index is 0.681. The van der Waals surface area contributed by atoms with Gasteiger partial charge in [0.05, 0.1) is 18.4 Å². The average Bonchev–Trinajstić information content (AvgIpc) is 3.29. The van der Waals surface area contributed by atoms with Crippen LogP contribution in [0.2, 0.25) is 0 Å². The van der Waals surface area contributed by atoms with Crippen molar-refractivity contribution in [2.45, 2.75) is 32.4 Å². The predicted octanol–water partition coefficient (Wildman–Crippen LogP) is 2.71. The number of rotatable bonds is 5. The highest BCUT2D eigenvalue weighted by Crippen LogP contribution is 2.27. The lowest BCUT2D eigenvalue weighted by Gasteiger charge is -2.10. The van der Waals surface area contributed by atoms with Crippen LogP contribution in [-0.4, -0.2) is 23.1 Å². The Kier molecular flexibility index (Phi) is 3.65. The molecule has 20 heavy (non-hydrogen) atoms. The summed E-state index contributed by atoms with van der Waals surface area (Å²) in [5.74, 6) is 1.54. The van der Waals surface area contributed by atoms with Crippen LogP contribution in [0.4, 0.5) is 0 Å². The second-order valence-corrected chi connectivity index (χ2v) is 5.18. The number of methoxy groups -OCH3 is 1. The first kappa shape index (κ1) is 13.1. The first-order valence-corrected chi connectivity index (χ1v) is 6.97. The van der Waals surface area contributed by atoms with E-state index in [1.807, 2.05) is 37.3 Å². The van der Waals surface area contributed by atoms with Gasteiger partial charge in [-0.25, -0.2) is 9.97 Å². The molecule has 1 heterocycles. The van der Waals surface area contributed by atoms with Crippen molar-refractivity contribution in [2.75, 3.05) is 7.11 Å². The molecule has 0 radical (unpaired) electrons. The molecular weight excluding hydrogens is 250 g/mol. The molecule has 0 aliphatic heterocycles. The van der Waals surface area contributed by atoms with Crippen molar-refractivity contribution < 1.29 is 4.74 Å². The summed E-state index contributed by atoms with van der Waals surface area (Å²) in [5.41, 5.74) is 2.95. The number of benzene rings is 1. The molecule has 1 N–H and O–H groups in total. The van der Waals surface area contributed by atoms with E-state index >= 15 is 0 Å². The molecule has 0 saturated heterocycles. The van der Waals surface area contributed by atoms with Gasteiger partial charge in [0, 0.05) is 18.3 Å². The zero-order chi connectivity index (χ0) is 13.9. The van der Waals surface area contributed by atoms with E-state index in [1.165, 1.54) is 12.8 Å². The Balaban J connectivity index is 1.91. The van der Waals surface area contributed by atoms with Crippen LogP contribution in [0, 0.1) is 6.92 Å². The van der Waals surface area contributed by atoms with Crippen molar-refractivity contribution in [3.05, 3.63) is 41.7 Å². The van der Waals surface area contributed by atoms with Crippen LogP contribution in [0.1, 0.15) is 24.2 Å². The molecule has 1 aliphatic carbocycles. The van der Waals surface area contributed by atoms with E-state index in [9.17, 15) is 0 Å². The Morgan fingerprint density at radius 1 is 1.25 bits per heavy atom. The zero-order valence-electron chi connectivity index (χ0n) is 11.9. The lowest BCUT2D eigenvalue weighted by molar-refractivity contribution is 0.416. The fourth-order valence-corrected chi connectivity index (χ4v) is 2.21. The van der Waals surface area contributed by atoms with Crippen molar-refractivity contribution in [1.82, 2.24) is 15.3 Å². The SMILES string of the molecule is COc1ccccc1-c1nc(C)cc(CNC2CC2)n1. The van der Waals surface area contributed by atoms with Gasteiger partial charge >= 0.3 is 0 Å². The van der Waals surface area contributed by atoms with Gasteiger partial charge in [0.15, 0.2) is 5.82 Å². The summed E-state index contributed by atoms with van der Waals surface area (Å²) in [6.45, 7) is 2.80. The smallest absolute Gasteiger partial charge is 0.163 e. The van der Waals surface area contributed by atoms with Crippen LogP contribution in [0.5, 0.6) is 5.75 Å². The van der Waals surface area contributed by atoms with Gasteiger partial charge < -0.3 is 10.1 Å². The highest BCUT2D eigenvalue weighted by molar-refractivity contribution is 5.64. The Morgan fingerprint density at radius 3 is 2.80 bits per heavy atom. The second-order valence-electron chi connectivity index (χ2n) is 5.18. The number of ether oxygens (including phenoxy) is 1. The van der Waals surface area contributed by atoms with Gasteiger partial charge in [0.2, 0.25) is 0 Å². The number of nitrogens with one attached hydrogen (secondary N) is 1. The molecule has 0 amide bonds. The first-order chi connectivity index (χ1) is 9.76. The van der Waals surface area contributed by atoms with E-state index in [2.05, 4.69) is 15.3 Å².